The SMILES string of the molecule is [N-]=[N+]=NCC(CN=[N+]=[N-])OC(=O)CCC([N+](=O)[O-])([N+](=O)[O-])[N+](=O)[O-]. The summed E-state index contributed by atoms with van der Waals surface area (Å²) in [4.78, 5) is 43.2. The summed E-state index contributed by atoms with van der Waals surface area (Å²) in [5, 5.41) is 38.2. The molecule has 0 atom stereocenters. The molecule has 0 aromatic carbocycles. The van der Waals surface area contributed by atoms with Gasteiger partial charge in [0.15, 0.2) is 21.2 Å². The van der Waals surface area contributed by atoms with Gasteiger partial charge < -0.3 is 4.74 Å². The Bertz CT molecular complexity index is 565. The van der Waals surface area contributed by atoms with Crippen molar-refractivity contribution in [2.45, 2.75) is 24.7 Å². The molecular formula is C7H9N9O8. The van der Waals surface area contributed by atoms with Gasteiger partial charge in [-0.2, -0.15) is 0 Å². The Hall–Kier alpha value is -3.71. The fraction of sp³-hybridized carbons (Fsp3) is 0.857. The second-order valence-corrected chi connectivity index (χ2v) is 3.98. The van der Waals surface area contributed by atoms with Crippen LogP contribution in [0.1, 0.15) is 12.8 Å². The number of azide groups is 2. The lowest BCUT2D eigenvalue weighted by atomic mass is 10.2. The van der Waals surface area contributed by atoms with Crippen LogP contribution in [0.3, 0.4) is 0 Å². The highest BCUT2D eigenvalue weighted by Gasteiger charge is 2.69. The van der Waals surface area contributed by atoms with E-state index < -0.39 is 58.6 Å². The fourth-order valence-corrected chi connectivity index (χ4v) is 1.38. The van der Waals surface area contributed by atoms with Crippen LogP contribution in [0.2, 0.25) is 0 Å². The number of ether oxygens (including phenoxy) is 1. The van der Waals surface area contributed by atoms with Crippen LogP contribution in [0.25, 0.3) is 20.9 Å². The molecule has 0 spiro atoms. The number of rotatable bonds is 11. The number of hydrogen-bond donors (Lipinski definition) is 0. The van der Waals surface area contributed by atoms with E-state index in [4.69, 9.17) is 11.1 Å². The summed E-state index contributed by atoms with van der Waals surface area (Å²) in [6.45, 7) is -0.877. The zero-order chi connectivity index (χ0) is 18.8. The lowest BCUT2D eigenvalue weighted by Crippen LogP contribution is -2.53. The molecule has 0 rings (SSSR count). The smallest absolute Gasteiger partial charge is 0.462 e. The van der Waals surface area contributed by atoms with Crippen LogP contribution >= 0.6 is 0 Å². The second-order valence-electron chi connectivity index (χ2n) is 3.98. The topological polar surface area (TPSA) is 253 Å². The van der Waals surface area contributed by atoms with Crippen LogP contribution in [0.5, 0.6) is 0 Å². The molecule has 0 aliphatic heterocycles. The summed E-state index contributed by atoms with van der Waals surface area (Å²) in [6, 6.07) is 0. The maximum absolute atomic E-state index is 11.5. The normalized spacial score (nSPS) is 11.3. The largest absolute Gasteiger partial charge is 0.700 e. The summed E-state index contributed by atoms with van der Waals surface area (Å²) in [5.74, 6) is -5.05. The summed E-state index contributed by atoms with van der Waals surface area (Å²) in [7, 11) is 0. The van der Waals surface area contributed by atoms with Crippen molar-refractivity contribution in [1.82, 2.24) is 0 Å². The molecule has 17 nitrogen and oxygen atoms in total. The van der Waals surface area contributed by atoms with Crippen molar-refractivity contribution in [3.63, 3.8) is 0 Å². The molecule has 24 heavy (non-hydrogen) atoms. The number of carbonyl (C=O) groups is 1. The lowest BCUT2D eigenvalue weighted by Gasteiger charge is -2.13. The highest BCUT2D eigenvalue weighted by atomic mass is 16.7. The van der Waals surface area contributed by atoms with E-state index in [0.29, 0.717) is 0 Å². The van der Waals surface area contributed by atoms with Crippen molar-refractivity contribution >= 4 is 5.97 Å². The summed E-state index contributed by atoms with van der Waals surface area (Å²) in [5.41, 5.74) is 16.3. The zero-order valence-electron chi connectivity index (χ0n) is 11.7. The van der Waals surface area contributed by atoms with Crippen LogP contribution in [-0.2, 0) is 9.53 Å². The van der Waals surface area contributed by atoms with Crippen LogP contribution in [0, 0.1) is 30.3 Å². The van der Waals surface area contributed by atoms with Gasteiger partial charge in [0.05, 0.1) is 19.5 Å². The molecule has 0 aromatic rings. The predicted molar refractivity (Wildman–Crippen MR) is 70.9 cm³/mol. The van der Waals surface area contributed by atoms with Gasteiger partial charge in [-0.15, -0.1) is 0 Å². The van der Waals surface area contributed by atoms with E-state index in [2.05, 4.69) is 24.8 Å². The van der Waals surface area contributed by atoms with Crippen molar-refractivity contribution in [3.8, 4) is 0 Å². The van der Waals surface area contributed by atoms with Crippen molar-refractivity contribution < 1.29 is 24.3 Å². The molecule has 0 aliphatic rings. The minimum absolute atomic E-state index is 0.438. The minimum atomic E-state index is -3.79. The molecule has 0 amide bonds. The Kier molecular flexibility index (Phi) is 7.89. The first-order valence-corrected chi connectivity index (χ1v) is 5.87. The van der Waals surface area contributed by atoms with Gasteiger partial charge in [-0.05, 0) is 11.1 Å². The van der Waals surface area contributed by atoms with E-state index in [1.807, 2.05) is 0 Å². The van der Waals surface area contributed by atoms with Gasteiger partial charge in [0, 0.05) is 9.82 Å². The first-order valence-electron chi connectivity index (χ1n) is 5.87. The van der Waals surface area contributed by atoms with Gasteiger partial charge in [-0.3, -0.25) is 35.1 Å². The zero-order valence-corrected chi connectivity index (χ0v) is 11.7. The number of nitrogens with zero attached hydrogens (tertiary/aromatic N) is 9. The fourth-order valence-electron chi connectivity index (χ4n) is 1.38. The molecule has 130 valence electrons. The van der Waals surface area contributed by atoms with E-state index in [0.717, 1.165) is 0 Å². The van der Waals surface area contributed by atoms with E-state index in [-0.39, 0.29) is 0 Å². The van der Waals surface area contributed by atoms with Crippen LogP contribution < -0.4 is 0 Å². The lowest BCUT2D eigenvalue weighted by molar-refractivity contribution is -0.970. The first-order chi connectivity index (χ1) is 11.2. The third-order valence-electron chi connectivity index (χ3n) is 2.54. The standard InChI is InChI=1S/C7H9N9O8/c8-12-10-3-5(4-11-13-9)24-6(17)1-2-7(14(18)19,15(20)21)16(22)23/h5H,1-4H2. The summed E-state index contributed by atoms with van der Waals surface area (Å²) >= 11 is 0. The number of nitro groups is 3. The van der Waals surface area contributed by atoms with Crippen molar-refractivity contribution in [2.24, 2.45) is 10.2 Å². The van der Waals surface area contributed by atoms with Crippen molar-refractivity contribution in [3.05, 3.63) is 51.2 Å². The number of hydrogen-bond acceptors (Lipinski definition) is 10. The van der Waals surface area contributed by atoms with Gasteiger partial charge in [0.2, 0.25) is 0 Å². The number of esters is 1. The third kappa shape index (κ3) is 5.24. The molecule has 0 saturated heterocycles. The van der Waals surface area contributed by atoms with E-state index in [1.165, 1.54) is 0 Å². The van der Waals surface area contributed by atoms with Gasteiger partial charge >= 0.3 is 11.8 Å². The Morgan fingerprint density at radius 2 is 1.46 bits per heavy atom. The molecule has 0 N–H and O–H groups in total. The molecule has 0 unspecified atom stereocenters. The third-order valence-corrected chi connectivity index (χ3v) is 2.54. The van der Waals surface area contributed by atoms with Gasteiger partial charge in [0.25, 0.3) is 0 Å². The minimum Gasteiger partial charge on any atom is -0.462 e. The van der Waals surface area contributed by atoms with Gasteiger partial charge in [-0.1, -0.05) is 10.2 Å². The van der Waals surface area contributed by atoms with Gasteiger partial charge in [-0.25, -0.2) is 0 Å². The summed E-state index contributed by atoms with van der Waals surface area (Å²) in [6.07, 6.45) is -3.62. The first kappa shape index (κ1) is 20.3. The van der Waals surface area contributed by atoms with Crippen LogP contribution in [-0.4, -0.2) is 45.7 Å². The van der Waals surface area contributed by atoms with Crippen LogP contribution in [0.15, 0.2) is 10.2 Å². The molecule has 17 heteroatoms. The molecule has 0 fully saturated rings. The van der Waals surface area contributed by atoms with E-state index in [9.17, 15) is 35.1 Å². The maximum Gasteiger partial charge on any atom is 0.700 e. The average molecular weight is 347 g/mol. The average Bonchev–Trinajstić information content (AvgIpc) is 2.49. The molecule has 0 aliphatic carbocycles. The van der Waals surface area contributed by atoms with Gasteiger partial charge in [0.1, 0.15) is 6.10 Å². The quantitative estimate of drug-likeness (QED) is 0.0977. The molecule has 0 radical (unpaired) electrons. The molecule has 0 heterocycles. The maximum atomic E-state index is 11.5. The Labute approximate surface area is 130 Å². The van der Waals surface area contributed by atoms with E-state index in [1.54, 1.807) is 0 Å². The van der Waals surface area contributed by atoms with Crippen molar-refractivity contribution in [1.29, 1.82) is 0 Å². The monoisotopic (exact) mass is 347 g/mol. The number of carbonyl (C=O) groups excluding carboxylic acids is 1. The molecule has 0 bridgehead atoms. The second kappa shape index (κ2) is 9.34. The van der Waals surface area contributed by atoms with Crippen molar-refractivity contribution in [2.75, 3.05) is 13.1 Å². The molecule has 0 saturated carbocycles. The Balaban J connectivity index is 5.03. The molecular weight excluding hydrogens is 338 g/mol. The summed E-state index contributed by atoms with van der Waals surface area (Å²) < 4.78 is 4.65. The molecule has 0 aromatic heterocycles. The Morgan fingerprint density at radius 3 is 1.79 bits per heavy atom. The predicted octanol–water partition coefficient (Wildman–Crippen LogP) is 0.783. The highest BCUT2D eigenvalue weighted by Crippen LogP contribution is 2.20. The van der Waals surface area contributed by atoms with E-state index >= 15 is 0 Å². The Morgan fingerprint density at radius 1 is 1.04 bits per heavy atom. The highest BCUT2D eigenvalue weighted by molar-refractivity contribution is 5.69. The van der Waals surface area contributed by atoms with Crippen LogP contribution in [0.4, 0.5) is 0 Å².